The third-order valence-corrected chi connectivity index (χ3v) is 14.3. The Labute approximate surface area is 308 Å². The van der Waals surface area contributed by atoms with Crippen molar-refractivity contribution in [1.29, 1.82) is 0 Å². The molecule has 0 aromatic carbocycles. The summed E-state index contributed by atoms with van der Waals surface area (Å²) in [6.45, 7) is -2.79. The van der Waals surface area contributed by atoms with Crippen LogP contribution in [0.3, 0.4) is 0 Å². The van der Waals surface area contributed by atoms with Gasteiger partial charge in [0.2, 0.25) is 0 Å². The molecule has 21 heteroatoms. The summed E-state index contributed by atoms with van der Waals surface area (Å²) in [5, 5.41) is 73.7. The van der Waals surface area contributed by atoms with Gasteiger partial charge in [-0.25, -0.2) is 0 Å². The summed E-state index contributed by atoms with van der Waals surface area (Å²) in [6.07, 6.45) is 4.38. The fourth-order valence-electron chi connectivity index (χ4n) is 6.48. The van der Waals surface area contributed by atoms with Crippen molar-refractivity contribution in [2.45, 2.75) is 75.5 Å². The fraction of sp³-hybridized carbons (Fsp3) is 0.750. The zero-order valence-electron chi connectivity index (χ0n) is 30.1. The van der Waals surface area contributed by atoms with Gasteiger partial charge in [-0.15, -0.1) is 0 Å². The van der Waals surface area contributed by atoms with Gasteiger partial charge in [-0.3, -0.25) is 58.0 Å². The highest BCUT2D eigenvalue weighted by Crippen LogP contribution is 2.34. The molecule has 0 spiro atoms. The molecule has 0 aliphatic heterocycles. The van der Waals surface area contributed by atoms with Crippen molar-refractivity contribution in [2.24, 2.45) is 0 Å². The summed E-state index contributed by atoms with van der Waals surface area (Å²) in [4.78, 5) is 95.6. The summed E-state index contributed by atoms with van der Waals surface area (Å²) in [6, 6.07) is 2.88. The van der Waals surface area contributed by atoms with E-state index in [-0.39, 0.29) is 26.2 Å². The van der Waals surface area contributed by atoms with E-state index in [4.69, 9.17) is 0 Å². The van der Waals surface area contributed by atoms with Crippen molar-refractivity contribution in [1.82, 2.24) is 19.6 Å². The maximum absolute atomic E-state index is 11.3. The average Bonchev–Trinajstić information content (AvgIpc) is 2.99. The van der Waals surface area contributed by atoms with Crippen molar-refractivity contribution in [3.8, 4) is 0 Å². The lowest BCUT2D eigenvalue weighted by Crippen LogP contribution is -2.38. The molecule has 0 atom stereocenters. The number of aliphatic carboxylic acids is 8. The molecule has 0 rings (SSSR count). The number of nitrogens with zero attached hydrogens (tertiary/aromatic N) is 4. The molecule has 0 heterocycles. The van der Waals surface area contributed by atoms with Gasteiger partial charge in [0.1, 0.15) is 0 Å². The van der Waals surface area contributed by atoms with Gasteiger partial charge >= 0.3 is 47.8 Å². The second kappa shape index (κ2) is 27.4. The number of carboxylic acid groups (broad SMARTS) is 8. The molecule has 304 valence electrons. The molecule has 0 aromatic heterocycles. The lowest BCUT2D eigenvalue weighted by molar-refractivity contribution is -0.143. The minimum atomic E-state index is -2.34. The van der Waals surface area contributed by atoms with Crippen molar-refractivity contribution >= 4 is 55.8 Å². The number of hydrogen-bond donors (Lipinski definition) is 8. The molecule has 0 aliphatic rings. The van der Waals surface area contributed by atoms with E-state index in [2.05, 4.69) is 0 Å². The second-order valence-corrected chi connectivity index (χ2v) is 18.3. The van der Waals surface area contributed by atoms with E-state index in [9.17, 15) is 79.2 Å². The normalized spacial score (nSPS) is 11.7. The molecule has 0 saturated carbocycles. The maximum Gasteiger partial charge on any atom is 0.317 e. The summed E-state index contributed by atoms with van der Waals surface area (Å²) >= 11 is 0. The highest BCUT2D eigenvalue weighted by atomic mass is 28.3. The van der Waals surface area contributed by atoms with E-state index >= 15 is 0 Å². The summed E-state index contributed by atoms with van der Waals surface area (Å²) < 4.78 is 0. The van der Waals surface area contributed by atoms with Gasteiger partial charge in [0.05, 0.1) is 60.4 Å². The first kappa shape index (κ1) is 48.8. The summed E-state index contributed by atoms with van der Waals surface area (Å²) in [5.41, 5.74) is 0. The molecule has 53 heavy (non-hydrogen) atoms. The molecular formula is C32H56N4O16Si. The highest BCUT2D eigenvalue weighted by molar-refractivity contribution is 6.79. The smallest absolute Gasteiger partial charge is 0.317 e. The van der Waals surface area contributed by atoms with Gasteiger partial charge in [-0.1, -0.05) is 49.9 Å². The van der Waals surface area contributed by atoms with E-state index in [1.54, 1.807) is 0 Å². The minimum absolute atomic E-state index is 0.209. The van der Waals surface area contributed by atoms with E-state index in [1.807, 2.05) is 0 Å². The monoisotopic (exact) mass is 780 g/mol. The quantitative estimate of drug-likeness (QED) is 0.0316. The molecule has 0 unspecified atom stereocenters. The zero-order chi connectivity index (χ0) is 40.4. The Morgan fingerprint density at radius 3 is 0.566 bits per heavy atom. The number of carboxylic acids is 8. The molecular weight excluding hydrogens is 724 g/mol. The maximum atomic E-state index is 11.3. The zero-order valence-corrected chi connectivity index (χ0v) is 31.1. The van der Waals surface area contributed by atoms with E-state index < -0.39 is 108 Å². The number of hydrogen-bond acceptors (Lipinski definition) is 12. The Hall–Kier alpha value is -4.18. The van der Waals surface area contributed by atoms with Crippen LogP contribution in [0.4, 0.5) is 0 Å². The van der Waals surface area contributed by atoms with Crippen molar-refractivity contribution < 1.29 is 79.2 Å². The van der Waals surface area contributed by atoms with Crippen LogP contribution in [0.1, 0.15) is 51.4 Å². The third-order valence-electron chi connectivity index (χ3n) is 8.60. The van der Waals surface area contributed by atoms with Crippen molar-refractivity contribution in [2.75, 3.05) is 78.5 Å². The molecule has 0 bridgehead atoms. The molecule has 0 aliphatic carbocycles. The Morgan fingerprint density at radius 2 is 0.434 bits per heavy atom. The molecule has 0 aromatic rings. The topological polar surface area (TPSA) is 311 Å². The molecule has 0 fully saturated rings. The van der Waals surface area contributed by atoms with Gasteiger partial charge in [0, 0.05) is 0 Å². The van der Waals surface area contributed by atoms with Crippen LogP contribution in [0.5, 0.6) is 0 Å². The van der Waals surface area contributed by atoms with E-state index in [1.165, 1.54) is 19.6 Å². The largest absolute Gasteiger partial charge is 0.480 e. The molecule has 0 radical (unpaired) electrons. The number of rotatable bonds is 36. The Kier molecular flexibility index (Phi) is 25.3. The van der Waals surface area contributed by atoms with Crippen LogP contribution >= 0.6 is 0 Å². The van der Waals surface area contributed by atoms with E-state index in [0.717, 1.165) is 24.2 Å². The Morgan fingerprint density at radius 1 is 0.283 bits per heavy atom. The van der Waals surface area contributed by atoms with E-state index in [0.29, 0.717) is 51.4 Å². The predicted molar refractivity (Wildman–Crippen MR) is 189 cm³/mol. The van der Waals surface area contributed by atoms with Crippen LogP contribution in [-0.4, -0.2) is 195 Å². The summed E-state index contributed by atoms with van der Waals surface area (Å²) in [5.74, 6) is -9.37. The SMILES string of the molecule is O=C(O)CN(CCCC[Si](CCCCN(CC(=O)O)CC(=O)O)(CCCCN(CC(=O)O)CC(=O)O)CCCCN(CC(=O)O)CC(=O)O)CC(=O)O. The van der Waals surface area contributed by atoms with Crippen LogP contribution in [0.25, 0.3) is 0 Å². The van der Waals surface area contributed by atoms with Crippen LogP contribution in [0.15, 0.2) is 0 Å². The second-order valence-electron chi connectivity index (χ2n) is 13.3. The molecule has 0 saturated heterocycles. The van der Waals surface area contributed by atoms with Crippen molar-refractivity contribution in [3.63, 3.8) is 0 Å². The highest BCUT2D eigenvalue weighted by Gasteiger charge is 2.31. The van der Waals surface area contributed by atoms with Crippen LogP contribution < -0.4 is 0 Å². The van der Waals surface area contributed by atoms with Crippen LogP contribution in [0, 0.1) is 0 Å². The number of unbranched alkanes of at least 4 members (excludes halogenated alkanes) is 4. The van der Waals surface area contributed by atoms with Gasteiger partial charge in [0.25, 0.3) is 0 Å². The van der Waals surface area contributed by atoms with Crippen LogP contribution in [0.2, 0.25) is 24.2 Å². The molecule has 8 N–H and O–H groups in total. The fourth-order valence-corrected chi connectivity index (χ4v) is 12.0. The van der Waals surface area contributed by atoms with Gasteiger partial charge in [-0.05, 0) is 51.9 Å². The first-order valence-corrected chi connectivity index (χ1v) is 20.3. The molecule has 20 nitrogen and oxygen atoms in total. The number of carbonyl (C=O) groups is 8. The third kappa shape index (κ3) is 28.1. The van der Waals surface area contributed by atoms with Crippen molar-refractivity contribution in [3.05, 3.63) is 0 Å². The lowest BCUT2D eigenvalue weighted by atomic mass is 10.3. The summed E-state index contributed by atoms with van der Waals surface area (Å²) in [7, 11) is -2.34. The Bertz CT molecular complexity index is 961. The van der Waals surface area contributed by atoms with Crippen LogP contribution in [-0.2, 0) is 38.4 Å². The van der Waals surface area contributed by atoms with Gasteiger partial charge < -0.3 is 40.9 Å². The minimum Gasteiger partial charge on any atom is -0.480 e. The average molecular weight is 781 g/mol. The van der Waals surface area contributed by atoms with Gasteiger partial charge in [0.15, 0.2) is 0 Å². The first-order chi connectivity index (χ1) is 24.8. The Balaban J connectivity index is 6.13. The standard InChI is InChI=1S/C32H56N4O16Si/c37-25(38)17-33(18-26(39)40)9-1-5-13-53(14-6-2-10-34(19-27(41)42)20-28(43)44,15-7-3-11-35(21-29(45)46)22-30(47)48)16-8-4-12-36(23-31(49)50)24-32(51)52/h1-24H2,(H,37,38)(H,39,40)(H,41,42)(H,43,44)(H,45,46)(H,47,48)(H,49,50)(H,51,52). The lowest BCUT2D eigenvalue weighted by Gasteiger charge is -2.34. The van der Waals surface area contributed by atoms with Gasteiger partial charge in [-0.2, -0.15) is 0 Å². The predicted octanol–water partition coefficient (Wildman–Crippen LogP) is 0.441. The molecule has 0 amide bonds. The first-order valence-electron chi connectivity index (χ1n) is 17.5.